The summed E-state index contributed by atoms with van der Waals surface area (Å²) in [6.07, 6.45) is 9.85. The molecule has 1 aliphatic heterocycles. The Morgan fingerprint density at radius 2 is 1.95 bits per heavy atom. The van der Waals surface area contributed by atoms with Gasteiger partial charge in [-0.05, 0) is 62.3 Å². The van der Waals surface area contributed by atoms with Crippen LogP contribution in [0.4, 0.5) is 5.13 Å². The summed E-state index contributed by atoms with van der Waals surface area (Å²) >= 11 is 1.58. The van der Waals surface area contributed by atoms with Gasteiger partial charge in [-0.15, -0.1) is 11.3 Å². The number of aromatic nitrogens is 2. The molecule has 0 bridgehead atoms. The van der Waals surface area contributed by atoms with Crippen LogP contribution in [-0.2, 0) is 13.0 Å². The van der Waals surface area contributed by atoms with Gasteiger partial charge in [0.05, 0.1) is 11.9 Å². The molecular weight excluding hydrogens is 520 g/mol. The van der Waals surface area contributed by atoms with Gasteiger partial charge in [-0.3, -0.25) is 14.9 Å². The number of rotatable bonds is 7. The van der Waals surface area contributed by atoms with Crippen molar-refractivity contribution >= 4 is 28.2 Å². The van der Waals surface area contributed by atoms with Crippen LogP contribution in [0.1, 0.15) is 81.3 Å². The Morgan fingerprint density at radius 3 is 2.77 bits per heavy atom. The fourth-order valence-electron chi connectivity index (χ4n) is 5.95. The number of Topliss-reactive ketones (excluding diaryl/α,β-unsaturated/α-hetero) is 1. The summed E-state index contributed by atoms with van der Waals surface area (Å²) in [4.78, 5) is 38.3. The number of oxazole rings is 1. The highest BCUT2D eigenvalue weighted by Crippen LogP contribution is 2.36. The summed E-state index contributed by atoms with van der Waals surface area (Å²) in [6, 6.07) is 15.7. The predicted molar refractivity (Wildman–Crippen MR) is 157 cm³/mol. The number of benzene rings is 2. The van der Waals surface area contributed by atoms with Gasteiger partial charge < -0.3 is 9.32 Å². The van der Waals surface area contributed by atoms with E-state index in [9.17, 15) is 9.59 Å². The van der Waals surface area contributed by atoms with Crippen molar-refractivity contribution in [3.63, 3.8) is 0 Å². The first-order valence-corrected chi connectivity index (χ1v) is 14.9. The van der Waals surface area contributed by atoms with E-state index in [1.54, 1.807) is 17.5 Å². The Kier molecular flexibility index (Phi) is 7.89. The second-order valence-corrected chi connectivity index (χ2v) is 12.2. The average Bonchev–Trinajstić information content (AvgIpc) is 3.58. The third-order valence-electron chi connectivity index (χ3n) is 8.25. The summed E-state index contributed by atoms with van der Waals surface area (Å²) in [7, 11) is 2.11. The van der Waals surface area contributed by atoms with Gasteiger partial charge in [-0.1, -0.05) is 42.8 Å². The van der Waals surface area contributed by atoms with Crippen molar-refractivity contribution in [2.24, 2.45) is 5.92 Å². The monoisotopic (exact) mass is 554 g/mol. The average molecular weight is 555 g/mol. The summed E-state index contributed by atoms with van der Waals surface area (Å²) in [5, 5.41) is 3.72. The number of nitrogens with zero attached hydrogens (tertiary/aromatic N) is 3. The molecule has 1 N–H and O–H groups in total. The lowest BCUT2D eigenvalue weighted by atomic mass is 9.89. The van der Waals surface area contributed by atoms with E-state index in [4.69, 9.17) is 4.42 Å². The lowest BCUT2D eigenvalue weighted by Gasteiger charge is -2.20. The number of ketones is 1. The number of likely N-dealkylation sites (N-methyl/N-ethyl adjacent to an activating group) is 1. The Balaban J connectivity index is 1.05. The number of carbonyl (C=O) groups is 2. The second kappa shape index (κ2) is 11.9. The third kappa shape index (κ3) is 6.08. The van der Waals surface area contributed by atoms with Crippen LogP contribution >= 0.6 is 11.3 Å². The number of anilines is 1. The van der Waals surface area contributed by atoms with Crippen LogP contribution < -0.4 is 5.32 Å². The Morgan fingerprint density at radius 1 is 1.07 bits per heavy atom. The van der Waals surface area contributed by atoms with E-state index in [0.717, 1.165) is 68.4 Å². The molecule has 8 heteroatoms. The number of fused-ring (bicyclic) bond motifs is 1. The molecule has 2 atom stereocenters. The second-order valence-electron chi connectivity index (χ2n) is 11.1. The molecule has 1 aliphatic carbocycles. The maximum atomic E-state index is 13.1. The van der Waals surface area contributed by atoms with E-state index in [2.05, 4.69) is 33.3 Å². The van der Waals surface area contributed by atoms with Crippen LogP contribution in [0.2, 0.25) is 0 Å². The van der Waals surface area contributed by atoms with E-state index in [1.165, 1.54) is 16.8 Å². The van der Waals surface area contributed by atoms with Crippen molar-refractivity contribution in [3.8, 4) is 11.3 Å². The minimum Gasteiger partial charge on any atom is -0.444 e. The van der Waals surface area contributed by atoms with Crippen molar-refractivity contribution in [2.75, 3.05) is 18.9 Å². The molecule has 2 aliphatic rings. The van der Waals surface area contributed by atoms with E-state index >= 15 is 0 Å². The first-order valence-electron chi connectivity index (χ1n) is 14.1. The minimum atomic E-state index is -0.104. The summed E-state index contributed by atoms with van der Waals surface area (Å²) in [5.74, 6) is 1.57. The van der Waals surface area contributed by atoms with Gasteiger partial charge in [0.15, 0.2) is 23.1 Å². The topological polar surface area (TPSA) is 88.3 Å². The van der Waals surface area contributed by atoms with Crippen molar-refractivity contribution < 1.29 is 14.0 Å². The molecule has 2 aromatic heterocycles. The van der Waals surface area contributed by atoms with Gasteiger partial charge in [0.2, 0.25) is 0 Å². The zero-order chi connectivity index (χ0) is 27.5. The number of hydrogen-bond donors (Lipinski definition) is 1. The van der Waals surface area contributed by atoms with E-state index in [0.29, 0.717) is 34.7 Å². The quantitative estimate of drug-likeness (QED) is 0.196. The van der Waals surface area contributed by atoms with Crippen LogP contribution in [0.25, 0.3) is 11.3 Å². The van der Waals surface area contributed by atoms with Crippen molar-refractivity contribution in [3.05, 3.63) is 88.4 Å². The van der Waals surface area contributed by atoms with Gasteiger partial charge in [0.1, 0.15) is 0 Å². The van der Waals surface area contributed by atoms with Gasteiger partial charge in [0, 0.05) is 47.5 Å². The van der Waals surface area contributed by atoms with Crippen LogP contribution in [-0.4, -0.2) is 40.2 Å². The predicted octanol–water partition coefficient (Wildman–Crippen LogP) is 6.98. The van der Waals surface area contributed by atoms with Gasteiger partial charge in [-0.25, -0.2) is 9.97 Å². The normalized spacial score (nSPS) is 19.5. The first-order chi connectivity index (χ1) is 19.5. The molecule has 7 nitrogen and oxygen atoms in total. The SMILES string of the molecule is CN1CCc2nc(NC(=O)c3cccc([C@H]4CCCC(CC(=O)c5ccc(-c6cnco6)cc5)CC4)c3)sc2C1. The molecule has 206 valence electrons. The van der Waals surface area contributed by atoms with Gasteiger partial charge >= 0.3 is 0 Å². The molecule has 0 saturated heterocycles. The molecule has 3 heterocycles. The standard InChI is InChI=1S/C32H34N4O3S/c1-36-15-14-27-30(19-36)40-32(34-27)35-31(38)26-7-3-6-25(17-26)22-5-2-4-21(8-9-22)16-28(37)23-10-12-24(13-11-23)29-18-33-20-39-29/h3,6-7,10-13,17-18,20-22H,2,4-5,8-9,14-16,19H2,1H3,(H,34,35,38)/t21?,22-/m0/s1. The third-order valence-corrected chi connectivity index (χ3v) is 9.25. The van der Waals surface area contributed by atoms with Gasteiger partial charge in [-0.2, -0.15) is 0 Å². The lowest BCUT2D eigenvalue weighted by Crippen LogP contribution is -2.25. The van der Waals surface area contributed by atoms with Crippen LogP contribution in [0.5, 0.6) is 0 Å². The molecule has 1 amide bonds. The number of hydrogen-bond acceptors (Lipinski definition) is 7. The number of carbonyl (C=O) groups excluding carboxylic acids is 2. The van der Waals surface area contributed by atoms with Crippen LogP contribution in [0.3, 0.4) is 0 Å². The molecule has 0 radical (unpaired) electrons. The summed E-state index contributed by atoms with van der Waals surface area (Å²) in [5.41, 5.74) is 4.66. The highest BCUT2D eigenvalue weighted by Gasteiger charge is 2.24. The molecule has 2 aromatic carbocycles. The van der Waals surface area contributed by atoms with Crippen molar-refractivity contribution in [1.82, 2.24) is 14.9 Å². The zero-order valence-electron chi connectivity index (χ0n) is 22.8. The van der Waals surface area contributed by atoms with Crippen molar-refractivity contribution in [2.45, 2.75) is 57.4 Å². The summed E-state index contributed by atoms with van der Waals surface area (Å²) < 4.78 is 5.35. The first kappa shape index (κ1) is 26.6. The molecular formula is C32H34N4O3S. The van der Waals surface area contributed by atoms with E-state index in [1.807, 2.05) is 42.5 Å². The summed E-state index contributed by atoms with van der Waals surface area (Å²) in [6.45, 7) is 1.89. The highest BCUT2D eigenvalue weighted by atomic mass is 32.1. The molecule has 40 heavy (non-hydrogen) atoms. The lowest BCUT2D eigenvalue weighted by molar-refractivity contribution is 0.0956. The molecule has 6 rings (SSSR count). The van der Waals surface area contributed by atoms with Gasteiger partial charge in [0.25, 0.3) is 5.91 Å². The maximum absolute atomic E-state index is 13.1. The number of thiazole rings is 1. The minimum absolute atomic E-state index is 0.104. The molecule has 4 aromatic rings. The Hall–Kier alpha value is -3.62. The molecule has 0 spiro atoms. The van der Waals surface area contributed by atoms with E-state index in [-0.39, 0.29) is 11.7 Å². The highest BCUT2D eigenvalue weighted by molar-refractivity contribution is 7.15. The van der Waals surface area contributed by atoms with Crippen molar-refractivity contribution in [1.29, 1.82) is 0 Å². The maximum Gasteiger partial charge on any atom is 0.257 e. The van der Waals surface area contributed by atoms with E-state index < -0.39 is 0 Å². The number of amides is 1. The molecule has 1 saturated carbocycles. The van der Waals surface area contributed by atoms with Crippen LogP contribution in [0.15, 0.2) is 65.5 Å². The molecule has 1 fully saturated rings. The molecule has 1 unspecified atom stereocenters. The fourth-order valence-corrected chi connectivity index (χ4v) is 7.04. The zero-order valence-corrected chi connectivity index (χ0v) is 23.6. The largest absolute Gasteiger partial charge is 0.444 e. The number of nitrogens with one attached hydrogen (secondary N) is 1. The Labute approximate surface area is 238 Å². The smallest absolute Gasteiger partial charge is 0.257 e. The fraction of sp³-hybridized carbons (Fsp3) is 0.375. The van der Waals surface area contributed by atoms with Crippen LogP contribution in [0, 0.1) is 5.92 Å². The Bertz CT molecular complexity index is 1480.